The van der Waals surface area contributed by atoms with Crippen LogP contribution in [0.3, 0.4) is 0 Å². The summed E-state index contributed by atoms with van der Waals surface area (Å²) < 4.78 is 6.85. The van der Waals surface area contributed by atoms with Gasteiger partial charge >= 0.3 is 0 Å². The van der Waals surface area contributed by atoms with Crippen molar-refractivity contribution >= 4 is 34.3 Å². The van der Waals surface area contributed by atoms with Crippen molar-refractivity contribution < 1.29 is 9.21 Å². The summed E-state index contributed by atoms with van der Waals surface area (Å²) in [6.45, 7) is 0. The molecule has 3 aromatic heterocycles. The molecule has 0 saturated carbocycles. The number of imidazole rings is 1. The monoisotopic (exact) mass is 251 g/mol. The number of hydrogen-bond acceptors (Lipinski definition) is 6. The molecule has 3 heterocycles. The molecular weight excluding hydrogens is 246 g/mol. The van der Waals surface area contributed by atoms with Gasteiger partial charge < -0.3 is 4.42 Å². The van der Waals surface area contributed by atoms with Crippen molar-refractivity contribution in [3.63, 3.8) is 0 Å². The number of carbonyl (C=O) groups is 1. The van der Waals surface area contributed by atoms with E-state index in [-0.39, 0.29) is 0 Å². The van der Waals surface area contributed by atoms with Gasteiger partial charge in [-0.05, 0) is 11.8 Å². The highest BCUT2D eigenvalue weighted by Gasteiger charge is 2.15. The van der Waals surface area contributed by atoms with Crippen molar-refractivity contribution in [1.29, 1.82) is 0 Å². The predicted molar refractivity (Wildman–Crippen MR) is 59.1 cm³/mol. The average Bonchev–Trinajstić information content (AvgIpc) is 2.93. The quantitative estimate of drug-likeness (QED) is 0.669. The number of aldehydes is 1. The van der Waals surface area contributed by atoms with E-state index < -0.39 is 0 Å². The van der Waals surface area contributed by atoms with Crippen LogP contribution < -0.4 is 0 Å². The normalized spacial score (nSPS) is 11.0. The molecule has 16 heavy (non-hydrogen) atoms. The number of rotatable bonds is 3. The summed E-state index contributed by atoms with van der Waals surface area (Å²) in [5, 5.41) is 2.98. The van der Waals surface area contributed by atoms with Gasteiger partial charge in [-0.2, -0.15) is 0 Å². The first-order valence-electron chi connectivity index (χ1n) is 4.36. The predicted octanol–water partition coefficient (Wildman–Crippen LogP) is 2.35. The summed E-state index contributed by atoms with van der Waals surface area (Å²) >= 11 is 2.72. The van der Waals surface area contributed by atoms with E-state index in [1.807, 2.05) is 11.6 Å². The van der Waals surface area contributed by atoms with Crippen molar-refractivity contribution in [3.8, 4) is 0 Å². The summed E-state index contributed by atoms with van der Waals surface area (Å²) in [4.78, 5) is 20.1. The zero-order valence-corrected chi connectivity index (χ0v) is 9.49. The summed E-state index contributed by atoms with van der Waals surface area (Å²) in [6.07, 6.45) is 5.65. The van der Waals surface area contributed by atoms with Gasteiger partial charge in [0.1, 0.15) is 17.0 Å². The zero-order valence-electron chi connectivity index (χ0n) is 7.86. The fourth-order valence-corrected chi connectivity index (χ4v) is 2.85. The first-order valence-corrected chi connectivity index (χ1v) is 6.06. The summed E-state index contributed by atoms with van der Waals surface area (Å²) in [6, 6.07) is 0. The van der Waals surface area contributed by atoms with E-state index in [0.29, 0.717) is 15.9 Å². The number of thiazole rings is 1. The van der Waals surface area contributed by atoms with Gasteiger partial charge in [-0.15, -0.1) is 11.3 Å². The minimum Gasteiger partial charge on any atom is -0.440 e. The van der Waals surface area contributed by atoms with Crippen molar-refractivity contribution in [1.82, 2.24) is 14.4 Å². The van der Waals surface area contributed by atoms with Crippen LogP contribution in [0.2, 0.25) is 0 Å². The molecule has 0 spiro atoms. The molecule has 0 atom stereocenters. The third kappa shape index (κ3) is 1.44. The highest BCUT2D eigenvalue weighted by atomic mass is 32.2. The van der Waals surface area contributed by atoms with Crippen molar-refractivity contribution in [2.24, 2.45) is 0 Å². The fourth-order valence-electron chi connectivity index (χ4n) is 1.31. The minimum absolute atomic E-state index is 0.480. The smallest absolute Gasteiger partial charge is 0.262 e. The summed E-state index contributed by atoms with van der Waals surface area (Å²) in [7, 11) is 0. The molecule has 0 radical (unpaired) electrons. The molecule has 80 valence electrons. The molecule has 0 unspecified atom stereocenters. The first-order chi connectivity index (χ1) is 7.88. The Kier molecular flexibility index (Phi) is 2.26. The minimum atomic E-state index is 0.480. The van der Waals surface area contributed by atoms with Gasteiger partial charge in [-0.1, -0.05) is 0 Å². The number of aromatic nitrogens is 3. The van der Waals surface area contributed by atoms with Crippen LogP contribution in [0.15, 0.2) is 38.7 Å². The third-order valence-corrected chi connectivity index (χ3v) is 3.60. The Hall–Kier alpha value is -1.60. The van der Waals surface area contributed by atoms with E-state index >= 15 is 0 Å². The molecular formula is C9H5N3O2S2. The largest absolute Gasteiger partial charge is 0.440 e. The molecule has 0 aliphatic heterocycles. The highest BCUT2D eigenvalue weighted by Crippen LogP contribution is 2.29. The van der Waals surface area contributed by atoms with Crippen molar-refractivity contribution in [2.75, 3.05) is 0 Å². The van der Waals surface area contributed by atoms with Crippen LogP contribution in [0.5, 0.6) is 0 Å². The zero-order chi connectivity index (χ0) is 11.0. The van der Waals surface area contributed by atoms with Gasteiger partial charge in [-0.25, -0.2) is 9.97 Å². The van der Waals surface area contributed by atoms with Gasteiger partial charge in [0, 0.05) is 11.6 Å². The number of fused-ring (bicyclic) bond motifs is 1. The number of hydrogen-bond donors (Lipinski definition) is 0. The van der Waals surface area contributed by atoms with Gasteiger partial charge in [-0.3, -0.25) is 9.20 Å². The molecule has 0 fully saturated rings. The SMILES string of the molecule is O=Cc1c(Sc2ncco2)nc2sccn12. The Labute approximate surface area is 98.1 Å². The second-order valence-corrected chi connectivity index (χ2v) is 4.69. The molecule has 5 nitrogen and oxygen atoms in total. The van der Waals surface area contributed by atoms with E-state index in [4.69, 9.17) is 4.42 Å². The van der Waals surface area contributed by atoms with E-state index in [1.165, 1.54) is 29.4 Å². The van der Waals surface area contributed by atoms with Crippen molar-refractivity contribution in [3.05, 3.63) is 29.7 Å². The average molecular weight is 251 g/mol. The number of oxazole rings is 1. The van der Waals surface area contributed by atoms with E-state index in [0.717, 1.165) is 11.2 Å². The maximum Gasteiger partial charge on any atom is 0.262 e. The van der Waals surface area contributed by atoms with Crippen LogP contribution in [0.25, 0.3) is 4.96 Å². The molecule has 0 amide bonds. The lowest BCUT2D eigenvalue weighted by Crippen LogP contribution is -1.88. The Balaban J connectivity index is 2.08. The Bertz CT molecular complexity index is 626. The molecule has 7 heteroatoms. The van der Waals surface area contributed by atoms with E-state index in [9.17, 15) is 4.79 Å². The maximum absolute atomic E-state index is 11.0. The van der Waals surface area contributed by atoms with Crippen LogP contribution in [0.4, 0.5) is 0 Å². The topological polar surface area (TPSA) is 60.4 Å². The third-order valence-electron chi connectivity index (χ3n) is 1.97. The number of carbonyl (C=O) groups excluding carboxylic acids is 1. The molecule has 0 saturated heterocycles. The standard InChI is InChI=1S/C9H5N3O2S2/c13-5-6-7(16-9-10-1-3-14-9)11-8-12(6)2-4-15-8/h1-5H. The van der Waals surface area contributed by atoms with Gasteiger partial charge in [0.05, 0.1) is 6.20 Å². The Morgan fingerprint density at radius 3 is 3.25 bits per heavy atom. The molecule has 0 aromatic carbocycles. The Morgan fingerprint density at radius 2 is 2.50 bits per heavy atom. The molecule has 0 bridgehead atoms. The number of nitrogens with zero attached hydrogens (tertiary/aromatic N) is 3. The fraction of sp³-hybridized carbons (Fsp3) is 0. The van der Waals surface area contributed by atoms with Crippen LogP contribution in [-0.4, -0.2) is 20.7 Å². The lowest BCUT2D eigenvalue weighted by atomic mass is 10.5. The lowest BCUT2D eigenvalue weighted by molar-refractivity contribution is 0.111. The van der Waals surface area contributed by atoms with Crippen LogP contribution >= 0.6 is 23.1 Å². The lowest BCUT2D eigenvalue weighted by Gasteiger charge is -1.92. The van der Waals surface area contributed by atoms with Crippen molar-refractivity contribution in [2.45, 2.75) is 10.2 Å². The van der Waals surface area contributed by atoms with E-state index in [2.05, 4.69) is 9.97 Å². The highest BCUT2D eigenvalue weighted by molar-refractivity contribution is 7.99. The van der Waals surface area contributed by atoms with Crippen LogP contribution in [0, 0.1) is 0 Å². The van der Waals surface area contributed by atoms with E-state index in [1.54, 1.807) is 10.6 Å². The van der Waals surface area contributed by atoms with Crippen LogP contribution in [0.1, 0.15) is 10.5 Å². The van der Waals surface area contributed by atoms with Crippen LogP contribution in [-0.2, 0) is 0 Å². The Morgan fingerprint density at radius 1 is 1.56 bits per heavy atom. The molecule has 3 aromatic rings. The van der Waals surface area contributed by atoms with Gasteiger partial charge in [0.25, 0.3) is 5.22 Å². The molecule has 0 N–H and O–H groups in total. The second-order valence-electron chi connectivity index (χ2n) is 2.88. The molecule has 0 aliphatic rings. The first kappa shape index (κ1) is 9.61. The van der Waals surface area contributed by atoms with Gasteiger partial charge in [0.15, 0.2) is 11.2 Å². The summed E-state index contributed by atoms with van der Waals surface area (Å²) in [5.74, 6) is 0. The molecule has 0 aliphatic carbocycles. The summed E-state index contributed by atoms with van der Waals surface area (Å²) in [5.41, 5.74) is 0.527. The maximum atomic E-state index is 11.0. The second kappa shape index (κ2) is 3.76. The molecule has 3 rings (SSSR count). The van der Waals surface area contributed by atoms with Gasteiger partial charge in [0.2, 0.25) is 0 Å².